The van der Waals surface area contributed by atoms with Crippen LogP contribution in [0.2, 0.25) is 0 Å². The van der Waals surface area contributed by atoms with Crippen molar-refractivity contribution in [2.75, 3.05) is 7.05 Å². The molecule has 0 bridgehead atoms. The van der Waals surface area contributed by atoms with Gasteiger partial charge in [0.05, 0.1) is 19.0 Å². The number of nitrogens with one attached hydrogen (secondary N) is 1. The summed E-state index contributed by atoms with van der Waals surface area (Å²) in [6.07, 6.45) is 0.162. The number of rotatable bonds is 4. The Morgan fingerprint density at radius 3 is 2.71 bits per heavy atom. The number of amides is 2. The Kier molecular flexibility index (Phi) is 3.49. The van der Waals surface area contributed by atoms with Gasteiger partial charge in [-0.2, -0.15) is 0 Å². The molecule has 0 aliphatic carbocycles. The summed E-state index contributed by atoms with van der Waals surface area (Å²) in [5.41, 5.74) is 0.836. The topological polar surface area (TPSA) is 88.3 Å². The minimum atomic E-state index is -0.519. The maximum Gasteiger partial charge on any atom is 0.247 e. The van der Waals surface area contributed by atoms with Crippen LogP contribution in [0, 0.1) is 0 Å². The smallest absolute Gasteiger partial charge is 0.247 e. The molecule has 3 rings (SSSR count). The second kappa shape index (κ2) is 5.45. The molecule has 1 unspecified atom stereocenters. The van der Waals surface area contributed by atoms with Gasteiger partial charge < -0.3 is 4.42 Å². The highest BCUT2D eigenvalue weighted by Crippen LogP contribution is 2.17. The molecule has 1 aliphatic rings. The molecule has 1 saturated heterocycles. The van der Waals surface area contributed by atoms with E-state index in [2.05, 4.69) is 15.5 Å². The van der Waals surface area contributed by atoms with Gasteiger partial charge in [0.2, 0.25) is 23.6 Å². The van der Waals surface area contributed by atoms with Crippen LogP contribution in [0.1, 0.15) is 12.3 Å². The first-order chi connectivity index (χ1) is 10.1. The van der Waals surface area contributed by atoms with Crippen molar-refractivity contribution >= 4 is 11.8 Å². The molecule has 0 spiro atoms. The minimum absolute atomic E-state index is 0.162. The lowest BCUT2D eigenvalue weighted by Crippen LogP contribution is -2.36. The number of imide groups is 1. The van der Waals surface area contributed by atoms with E-state index in [9.17, 15) is 9.59 Å². The fraction of sp³-hybridized carbons (Fsp3) is 0.286. The summed E-state index contributed by atoms with van der Waals surface area (Å²) in [6, 6.07) is 8.90. The molecule has 1 aromatic heterocycles. The predicted octanol–water partition coefficient (Wildman–Crippen LogP) is 0.583. The zero-order valence-corrected chi connectivity index (χ0v) is 11.4. The third kappa shape index (κ3) is 2.68. The van der Waals surface area contributed by atoms with Crippen molar-refractivity contribution in [3.05, 3.63) is 36.2 Å². The number of carbonyl (C=O) groups excluding carboxylic acids is 2. The Balaban J connectivity index is 1.64. The Morgan fingerprint density at radius 1 is 1.29 bits per heavy atom. The van der Waals surface area contributed by atoms with Crippen molar-refractivity contribution in [2.24, 2.45) is 0 Å². The Labute approximate surface area is 121 Å². The maximum atomic E-state index is 11.7. The quantitative estimate of drug-likeness (QED) is 0.827. The third-order valence-electron chi connectivity index (χ3n) is 3.37. The van der Waals surface area contributed by atoms with Gasteiger partial charge in [0.15, 0.2) is 0 Å². The van der Waals surface area contributed by atoms with Crippen LogP contribution in [-0.2, 0) is 16.1 Å². The highest BCUT2D eigenvalue weighted by atomic mass is 16.4. The molecule has 1 atom stereocenters. The lowest BCUT2D eigenvalue weighted by atomic mass is 10.2. The fourth-order valence-electron chi connectivity index (χ4n) is 2.15. The standard InChI is InChI=1S/C14H14N4O3/c1-18-12(19)7-10(14(18)20)15-8-11-16-17-13(21-11)9-5-3-2-4-6-9/h2-6,10,15H,7-8H2,1H3. The van der Waals surface area contributed by atoms with Crippen LogP contribution < -0.4 is 5.32 Å². The summed E-state index contributed by atoms with van der Waals surface area (Å²) in [5.74, 6) is 0.387. The van der Waals surface area contributed by atoms with E-state index in [1.807, 2.05) is 30.3 Å². The van der Waals surface area contributed by atoms with E-state index in [0.29, 0.717) is 11.8 Å². The van der Waals surface area contributed by atoms with Gasteiger partial charge in [-0.15, -0.1) is 10.2 Å². The third-order valence-corrected chi connectivity index (χ3v) is 3.37. The Bertz CT molecular complexity index is 668. The Morgan fingerprint density at radius 2 is 2.05 bits per heavy atom. The van der Waals surface area contributed by atoms with Crippen LogP contribution in [0.5, 0.6) is 0 Å². The van der Waals surface area contributed by atoms with Crippen molar-refractivity contribution in [1.82, 2.24) is 20.4 Å². The number of carbonyl (C=O) groups is 2. The monoisotopic (exact) mass is 286 g/mol. The molecule has 1 aliphatic heterocycles. The molecule has 1 N–H and O–H groups in total. The van der Waals surface area contributed by atoms with Crippen LogP contribution in [0.15, 0.2) is 34.7 Å². The highest BCUT2D eigenvalue weighted by Gasteiger charge is 2.35. The van der Waals surface area contributed by atoms with Gasteiger partial charge >= 0.3 is 0 Å². The van der Waals surface area contributed by atoms with Crippen LogP contribution in [0.3, 0.4) is 0 Å². The number of hydrogen-bond acceptors (Lipinski definition) is 6. The normalized spacial score (nSPS) is 18.5. The summed E-state index contributed by atoms with van der Waals surface area (Å²) in [6.45, 7) is 0.247. The van der Waals surface area contributed by atoms with Crippen LogP contribution >= 0.6 is 0 Å². The molecule has 108 valence electrons. The van der Waals surface area contributed by atoms with Gasteiger partial charge in [-0.3, -0.25) is 19.8 Å². The lowest BCUT2D eigenvalue weighted by molar-refractivity contribution is -0.137. The summed E-state index contributed by atoms with van der Waals surface area (Å²) < 4.78 is 5.52. The second-order valence-corrected chi connectivity index (χ2v) is 4.80. The molecule has 0 saturated carbocycles. The molecule has 7 heteroatoms. The molecule has 7 nitrogen and oxygen atoms in total. The number of hydrogen-bond donors (Lipinski definition) is 1. The van der Waals surface area contributed by atoms with E-state index in [-0.39, 0.29) is 24.8 Å². The van der Waals surface area contributed by atoms with Crippen molar-refractivity contribution < 1.29 is 14.0 Å². The number of nitrogens with zero attached hydrogens (tertiary/aromatic N) is 3. The highest BCUT2D eigenvalue weighted by molar-refractivity contribution is 6.05. The molecule has 0 radical (unpaired) electrons. The van der Waals surface area contributed by atoms with Gasteiger partial charge in [-0.05, 0) is 12.1 Å². The van der Waals surface area contributed by atoms with Crippen molar-refractivity contribution in [1.29, 1.82) is 0 Å². The van der Waals surface area contributed by atoms with Gasteiger partial charge in [-0.1, -0.05) is 18.2 Å². The van der Waals surface area contributed by atoms with Gasteiger partial charge in [0, 0.05) is 12.6 Å². The average molecular weight is 286 g/mol. The molecule has 2 heterocycles. The van der Waals surface area contributed by atoms with E-state index in [1.165, 1.54) is 7.05 Å². The van der Waals surface area contributed by atoms with E-state index in [0.717, 1.165) is 10.5 Å². The number of likely N-dealkylation sites (tertiary alicyclic amines) is 1. The molecular formula is C14H14N4O3. The summed E-state index contributed by atoms with van der Waals surface area (Å²) in [7, 11) is 1.48. The van der Waals surface area contributed by atoms with Gasteiger partial charge in [0.1, 0.15) is 0 Å². The van der Waals surface area contributed by atoms with E-state index in [4.69, 9.17) is 4.42 Å². The number of benzene rings is 1. The molecule has 2 amide bonds. The fourth-order valence-corrected chi connectivity index (χ4v) is 2.15. The Hall–Kier alpha value is -2.54. The second-order valence-electron chi connectivity index (χ2n) is 4.80. The first kappa shape index (κ1) is 13.4. The number of aromatic nitrogens is 2. The van der Waals surface area contributed by atoms with Crippen molar-refractivity contribution in [2.45, 2.75) is 19.0 Å². The molecular weight excluding hydrogens is 272 g/mol. The first-order valence-corrected chi connectivity index (χ1v) is 6.57. The van der Waals surface area contributed by atoms with Gasteiger partial charge in [0.25, 0.3) is 0 Å². The van der Waals surface area contributed by atoms with Crippen LogP contribution in [0.4, 0.5) is 0 Å². The molecule has 21 heavy (non-hydrogen) atoms. The molecule has 1 aromatic carbocycles. The molecule has 2 aromatic rings. The number of likely N-dealkylation sites (N-methyl/N-ethyl adjacent to an activating group) is 1. The molecule has 1 fully saturated rings. The lowest BCUT2D eigenvalue weighted by Gasteiger charge is -2.08. The van der Waals surface area contributed by atoms with Crippen LogP contribution in [-0.4, -0.2) is 40.0 Å². The zero-order chi connectivity index (χ0) is 14.8. The predicted molar refractivity (Wildman–Crippen MR) is 72.8 cm³/mol. The van der Waals surface area contributed by atoms with Crippen LogP contribution in [0.25, 0.3) is 11.5 Å². The first-order valence-electron chi connectivity index (χ1n) is 6.57. The maximum absolute atomic E-state index is 11.7. The van der Waals surface area contributed by atoms with E-state index < -0.39 is 6.04 Å². The SMILES string of the molecule is CN1C(=O)CC(NCc2nnc(-c3ccccc3)o2)C1=O. The zero-order valence-electron chi connectivity index (χ0n) is 11.4. The summed E-state index contributed by atoms with van der Waals surface area (Å²) in [4.78, 5) is 24.3. The van der Waals surface area contributed by atoms with Crippen molar-refractivity contribution in [3.8, 4) is 11.5 Å². The minimum Gasteiger partial charge on any atom is -0.419 e. The summed E-state index contributed by atoms with van der Waals surface area (Å²) >= 11 is 0. The van der Waals surface area contributed by atoms with Gasteiger partial charge in [-0.25, -0.2) is 0 Å². The summed E-state index contributed by atoms with van der Waals surface area (Å²) in [5, 5.41) is 10.9. The average Bonchev–Trinajstić information content (AvgIpc) is 3.07. The van der Waals surface area contributed by atoms with E-state index in [1.54, 1.807) is 0 Å². The van der Waals surface area contributed by atoms with Crippen molar-refractivity contribution in [3.63, 3.8) is 0 Å². The largest absolute Gasteiger partial charge is 0.419 e. The van der Waals surface area contributed by atoms with E-state index >= 15 is 0 Å².